The molecule has 2 rings (SSSR count). The standard InChI is InChI=1S/C29H59N5O7/c1-2-3-4-5-6-7-8-9-20-34(41-29-28(39)27(38)26(37)24(23-35)40-29)25(36)12-21-33-19-11-15-31-17-16-30-13-10-14-32-18-22-33/h24,26-32,35,37-39H,2-23H2,1H3/t24-,26-,27+,28-,29+/m1/s1. The molecule has 0 aromatic rings. The first kappa shape index (κ1) is 36.3. The van der Waals surface area contributed by atoms with Crippen LogP contribution in [0.25, 0.3) is 0 Å². The number of nitrogens with zero attached hydrogens (tertiary/aromatic N) is 2. The van der Waals surface area contributed by atoms with E-state index in [4.69, 9.17) is 9.57 Å². The predicted octanol–water partition coefficient (Wildman–Crippen LogP) is -0.0581. The number of hydrogen-bond acceptors (Lipinski definition) is 11. The van der Waals surface area contributed by atoms with E-state index in [-0.39, 0.29) is 12.3 Å². The highest BCUT2D eigenvalue weighted by Gasteiger charge is 2.45. The summed E-state index contributed by atoms with van der Waals surface area (Å²) >= 11 is 0. The first-order valence-corrected chi connectivity index (χ1v) is 16.1. The van der Waals surface area contributed by atoms with Crippen molar-refractivity contribution in [1.29, 1.82) is 0 Å². The van der Waals surface area contributed by atoms with Gasteiger partial charge in [0.15, 0.2) is 0 Å². The Labute approximate surface area is 247 Å². The van der Waals surface area contributed by atoms with Gasteiger partial charge in [0.05, 0.1) is 6.61 Å². The van der Waals surface area contributed by atoms with Crippen molar-refractivity contribution in [3.63, 3.8) is 0 Å². The quantitative estimate of drug-likeness (QED) is 0.101. The summed E-state index contributed by atoms with van der Waals surface area (Å²) in [7, 11) is 0. The number of amides is 1. The van der Waals surface area contributed by atoms with Crippen LogP contribution >= 0.6 is 0 Å². The van der Waals surface area contributed by atoms with Crippen LogP contribution in [0.1, 0.15) is 77.6 Å². The monoisotopic (exact) mass is 589 g/mol. The summed E-state index contributed by atoms with van der Waals surface area (Å²) in [6.07, 6.45) is 4.12. The smallest absolute Gasteiger partial charge is 0.247 e. The Bertz CT molecular complexity index is 649. The maximum Gasteiger partial charge on any atom is 0.247 e. The molecule has 0 saturated carbocycles. The Morgan fingerprint density at radius 1 is 0.829 bits per heavy atom. The van der Waals surface area contributed by atoms with Gasteiger partial charge in [0.1, 0.15) is 24.4 Å². The van der Waals surface area contributed by atoms with Crippen LogP contribution in [0.5, 0.6) is 0 Å². The van der Waals surface area contributed by atoms with Crippen molar-refractivity contribution in [2.45, 2.75) is 108 Å². The average molecular weight is 590 g/mol. The molecule has 0 unspecified atom stereocenters. The third kappa shape index (κ3) is 14.9. The summed E-state index contributed by atoms with van der Waals surface area (Å²) in [5, 5.41) is 52.0. The number of rotatable bonds is 15. The van der Waals surface area contributed by atoms with E-state index >= 15 is 0 Å². The largest absolute Gasteiger partial charge is 0.394 e. The Morgan fingerprint density at radius 2 is 1.46 bits per heavy atom. The van der Waals surface area contributed by atoms with Gasteiger partial charge in [0.2, 0.25) is 12.2 Å². The second-order valence-electron chi connectivity index (χ2n) is 11.3. The highest BCUT2D eigenvalue weighted by atomic mass is 16.8. The molecule has 0 aliphatic carbocycles. The molecule has 41 heavy (non-hydrogen) atoms. The normalized spacial score (nSPS) is 27.8. The van der Waals surface area contributed by atoms with Gasteiger partial charge in [0.25, 0.3) is 0 Å². The van der Waals surface area contributed by atoms with Gasteiger partial charge in [-0.1, -0.05) is 51.9 Å². The molecule has 242 valence electrons. The number of carbonyl (C=O) groups is 1. The lowest BCUT2D eigenvalue weighted by Crippen LogP contribution is -2.60. The number of nitrogens with one attached hydrogen (secondary N) is 3. The van der Waals surface area contributed by atoms with Crippen LogP contribution in [-0.2, 0) is 14.4 Å². The minimum absolute atomic E-state index is 0.221. The third-order valence-corrected chi connectivity index (χ3v) is 7.83. The zero-order valence-corrected chi connectivity index (χ0v) is 25.4. The molecule has 2 aliphatic heterocycles. The van der Waals surface area contributed by atoms with Gasteiger partial charge >= 0.3 is 0 Å². The Kier molecular flexibility index (Phi) is 20.0. The molecule has 0 spiro atoms. The van der Waals surface area contributed by atoms with Gasteiger partial charge in [-0.05, 0) is 45.4 Å². The fourth-order valence-corrected chi connectivity index (χ4v) is 5.17. The van der Waals surface area contributed by atoms with Crippen LogP contribution in [0.15, 0.2) is 0 Å². The van der Waals surface area contributed by atoms with Crippen molar-refractivity contribution in [2.24, 2.45) is 0 Å². The molecule has 2 saturated heterocycles. The van der Waals surface area contributed by atoms with Crippen molar-refractivity contribution >= 4 is 5.91 Å². The summed E-state index contributed by atoms with van der Waals surface area (Å²) in [6, 6.07) is 0. The number of hydrogen-bond donors (Lipinski definition) is 7. The fraction of sp³-hybridized carbons (Fsp3) is 0.966. The van der Waals surface area contributed by atoms with Crippen LogP contribution in [0.3, 0.4) is 0 Å². The molecule has 0 bridgehead atoms. The number of aliphatic hydroxyl groups is 4. The second-order valence-corrected chi connectivity index (χ2v) is 11.3. The minimum Gasteiger partial charge on any atom is -0.394 e. The van der Waals surface area contributed by atoms with Crippen molar-refractivity contribution in [3.05, 3.63) is 0 Å². The molecule has 7 N–H and O–H groups in total. The lowest BCUT2D eigenvalue weighted by atomic mass is 9.99. The summed E-state index contributed by atoms with van der Waals surface area (Å²) < 4.78 is 5.53. The first-order valence-electron chi connectivity index (χ1n) is 16.1. The van der Waals surface area contributed by atoms with Crippen LogP contribution < -0.4 is 16.0 Å². The van der Waals surface area contributed by atoms with E-state index in [1.807, 2.05) is 0 Å². The maximum absolute atomic E-state index is 13.4. The molecule has 0 aromatic heterocycles. The van der Waals surface area contributed by atoms with Gasteiger partial charge in [-0.15, -0.1) is 0 Å². The Hall–Kier alpha value is -0.930. The fourth-order valence-electron chi connectivity index (χ4n) is 5.17. The van der Waals surface area contributed by atoms with Gasteiger partial charge in [-0.3, -0.25) is 4.79 Å². The molecular formula is C29H59N5O7. The van der Waals surface area contributed by atoms with E-state index in [0.29, 0.717) is 13.1 Å². The molecule has 0 aromatic carbocycles. The molecule has 2 heterocycles. The van der Waals surface area contributed by atoms with E-state index in [9.17, 15) is 25.2 Å². The van der Waals surface area contributed by atoms with Crippen LogP contribution in [0.2, 0.25) is 0 Å². The molecule has 1 amide bonds. The van der Waals surface area contributed by atoms with Gasteiger partial charge < -0.3 is 46.0 Å². The highest BCUT2D eigenvalue weighted by molar-refractivity contribution is 5.75. The number of aliphatic hydroxyl groups excluding tert-OH is 4. The van der Waals surface area contributed by atoms with Gasteiger partial charge in [0, 0.05) is 45.7 Å². The third-order valence-electron chi connectivity index (χ3n) is 7.83. The van der Waals surface area contributed by atoms with E-state index in [1.165, 1.54) is 30.7 Å². The lowest BCUT2D eigenvalue weighted by Gasteiger charge is -2.41. The summed E-state index contributed by atoms with van der Waals surface area (Å²) in [5.74, 6) is -0.221. The Balaban J connectivity index is 1.93. The number of carbonyl (C=O) groups excluding carboxylic acids is 1. The topological polar surface area (TPSA) is 159 Å². The van der Waals surface area contributed by atoms with Gasteiger partial charge in [-0.25, -0.2) is 9.90 Å². The SMILES string of the molecule is CCCCCCCCCCN(O[C@@H]1O[C@H](CO)[C@@H](O)[C@H](O)[C@H]1O)C(=O)CCN1CCCNCCNCCCNCC1. The zero-order chi connectivity index (χ0) is 29.7. The van der Waals surface area contributed by atoms with Crippen LogP contribution in [-0.4, -0.2) is 139 Å². The zero-order valence-electron chi connectivity index (χ0n) is 25.4. The number of hydroxylamine groups is 2. The summed E-state index contributed by atoms with van der Waals surface area (Å²) in [4.78, 5) is 21.5. The number of ether oxygens (including phenoxy) is 1. The van der Waals surface area contributed by atoms with E-state index in [1.54, 1.807) is 0 Å². The maximum atomic E-state index is 13.4. The van der Waals surface area contributed by atoms with E-state index < -0.39 is 37.3 Å². The first-order chi connectivity index (χ1) is 20.0. The van der Waals surface area contributed by atoms with Crippen molar-refractivity contribution in [2.75, 3.05) is 72.1 Å². The summed E-state index contributed by atoms with van der Waals surface area (Å²) in [6.45, 7) is 9.90. The van der Waals surface area contributed by atoms with Crippen molar-refractivity contribution in [3.8, 4) is 0 Å². The Morgan fingerprint density at radius 3 is 2.15 bits per heavy atom. The minimum atomic E-state index is -1.56. The molecule has 0 radical (unpaired) electrons. The molecule has 12 nitrogen and oxygen atoms in total. The second kappa shape index (κ2) is 22.6. The average Bonchev–Trinajstić information content (AvgIpc) is 2.98. The van der Waals surface area contributed by atoms with Crippen LogP contribution in [0.4, 0.5) is 0 Å². The lowest BCUT2D eigenvalue weighted by molar-refractivity contribution is -0.353. The molecule has 12 heteroatoms. The summed E-state index contributed by atoms with van der Waals surface area (Å²) in [5.41, 5.74) is 0. The van der Waals surface area contributed by atoms with Crippen molar-refractivity contribution in [1.82, 2.24) is 25.9 Å². The van der Waals surface area contributed by atoms with Crippen molar-refractivity contribution < 1.29 is 34.8 Å². The molecule has 5 atom stereocenters. The predicted molar refractivity (Wildman–Crippen MR) is 158 cm³/mol. The molecular weight excluding hydrogens is 530 g/mol. The van der Waals surface area contributed by atoms with Gasteiger partial charge in [-0.2, -0.15) is 0 Å². The molecule has 2 fully saturated rings. The van der Waals surface area contributed by atoms with Crippen LogP contribution in [0, 0.1) is 0 Å². The highest BCUT2D eigenvalue weighted by Crippen LogP contribution is 2.23. The molecule has 2 aliphatic rings. The van der Waals surface area contributed by atoms with E-state index in [2.05, 4.69) is 27.8 Å². The number of unbranched alkanes of at least 4 members (excludes halogenated alkanes) is 7. The van der Waals surface area contributed by atoms with E-state index in [0.717, 1.165) is 90.9 Å².